The molecule has 6 nitrogen and oxygen atoms in total. The molecule has 7 heteroatoms. The van der Waals surface area contributed by atoms with E-state index in [1.54, 1.807) is 28.3 Å². The third kappa shape index (κ3) is 2.35. The Labute approximate surface area is 138 Å². The number of piperidine rings is 1. The Morgan fingerprint density at radius 3 is 3.09 bits per heavy atom. The van der Waals surface area contributed by atoms with E-state index < -0.39 is 0 Å². The van der Waals surface area contributed by atoms with E-state index in [9.17, 15) is 4.79 Å². The zero-order valence-electron chi connectivity index (χ0n) is 13.3. The number of amides is 1. The molecule has 1 aliphatic rings. The Morgan fingerprint density at radius 2 is 2.30 bits per heavy atom. The third-order valence-corrected chi connectivity index (χ3v) is 5.48. The molecule has 1 fully saturated rings. The summed E-state index contributed by atoms with van der Waals surface area (Å²) in [6, 6.07) is 1.78. The highest BCUT2D eigenvalue weighted by Gasteiger charge is 2.29. The van der Waals surface area contributed by atoms with Crippen LogP contribution in [0, 0.1) is 6.92 Å². The summed E-state index contributed by atoms with van der Waals surface area (Å²) in [7, 11) is 1.81. The first-order valence-electron chi connectivity index (χ1n) is 7.84. The van der Waals surface area contributed by atoms with Crippen LogP contribution in [0.25, 0.3) is 4.83 Å². The zero-order valence-corrected chi connectivity index (χ0v) is 14.1. The number of fused-ring (bicyclic) bond motifs is 1. The van der Waals surface area contributed by atoms with Gasteiger partial charge in [0.1, 0.15) is 16.3 Å². The molecule has 0 aliphatic carbocycles. The molecule has 3 aromatic heterocycles. The highest BCUT2D eigenvalue weighted by atomic mass is 32.1. The monoisotopic (exact) mass is 329 g/mol. The molecule has 1 saturated heterocycles. The van der Waals surface area contributed by atoms with E-state index in [4.69, 9.17) is 4.98 Å². The van der Waals surface area contributed by atoms with E-state index in [0.717, 1.165) is 37.4 Å². The minimum absolute atomic E-state index is 0.0630. The topological polar surface area (TPSA) is 55.4 Å². The van der Waals surface area contributed by atoms with Crippen LogP contribution in [-0.2, 0) is 7.05 Å². The van der Waals surface area contributed by atoms with Crippen LogP contribution in [0.5, 0.6) is 0 Å². The molecule has 4 heterocycles. The maximum Gasteiger partial charge on any atom is 0.272 e. The predicted octanol–water partition coefficient (Wildman–Crippen LogP) is 2.46. The van der Waals surface area contributed by atoms with Crippen LogP contribution < -0.4 is 0 Å². The van der Waals surface area contributed by atoms with Gasteiger partial charge in [-0.15, -0.1) is 11.3 Å². The fourth-order valence-corrected chi connectivity index (χ4v) is 4.34. The van der Waals surface area contributed by atoms with Crippen molar-refractivity contribution < 1.29 is 4.79 Å². The summed E-state index contributed by atoms with van der Waals surface area (Å²) < 4.78 is 3.78. The van der Waals surface area contributed by atoms with Crippen molar-refractivity contribution in [3.05, 3.63) is 41.1 Å². The van der Waals surface area contributed by atoms with E-state index in [1.165, 1.54) is 4.83 Å². The summed E-state index contributed by atoms with van der Waals surface area (Å²) in [6.07, 6.45) is 5.83. The van der Waals surface area contributed by atoms with Crippen LogP contribution in [-0.4, -0.2) is 43.1 Å². The van der Waals surface area contributed by atoms with Crippen molar-refractivity contribution in [3.8, 4) is 0 Å². The zero-order chi connectivity index (χ0) is 16.0. The largest absolute Gasteiger partial charge is 0.337 e. The lowest BCUT2D eigenvalue weighted by Crippen LogP contribution is -2.40. The second-order valence-electron chi connectivity index (χ2n) is 6.05. The number of thiazole rings is 1. The van der Waals surface area contributed by atoms with Crippen LogP contribution in [0.3, 0.4) is 0 Å². The summed E-state index contributed by atoms with van der Waals surface area (Å²) in [6.45, 7) is 3.57. The van der Waals surface area contributed by atoms with Crippen molar-refractivity contribution in [3.63, 3.8) is 0 Å². The molecular formula is C16H19N5OS. The Hall–Kier alpha value is -2.15. The van der Waals surface area contributed by atoms with E-state index in [1.807, 2.05) is 18.9 Å². The highest BCUT2D eigenvalue weighted by molar-refractivity contribution is 7.15. The summed E-state index contributed by atoms with van der Waals surface area (Å²) in [5.41, 5.74) is 1.79. The van der Waals surface area contributed by atoms with Crippen molar-refractivity contribution in [2.24, 2.45) is 7.05 Å². The number of imidazole rings is 1. The van der Waals surface area contributed by atoms with Gasteiger partial charge >= 0.3 is 0 Å². The van der Waals surface area contributed by atoms with E-state index in [-0.39, 0.29) is 5.91 Å². The Morgan fingerprint density at radius 1 is 1.43 bits per heavy atom. The summed E-state index contributed by atoms with van der Waals surface area (Å²) in [5, 5.41) is 6.19. The lowest BCUT2D eigenvalue weighted by atomic mass is 9.95. The number of rotatable bonds is 2. The average Bonchev–Trinajstić information content (AvgIpc) is 3.25. The van der Waals surface area contributed by atoms with Crippen LogP contribution in [0.1, 0.15) is 40.8 Å². The second kappa shape index (κ2) is 5.49. The lowest BCUT2D eigenvalue weighted by Gasteiger charge is -2.32. The Balaban J connectivity index is 1.61. The molecule has 1 atom stereocenters. The van der Waals surface area contributed by atoms with Gasteiger partial charge in [-0.1, -0.05) is 0 Å². The fourth-order valence-electron chi connectivity index (χ4n) is 3.39. The van der Waals surface area contributed by atoms with E-state index in [2.05, 4.69) is 21.1 Å². The van der Waals surface area contributed by atoms with Gasteiger partial charge in [0.2, 0.25) is 0 Å². The maximum atomic E-state index is 12.7. The van der Waals surface area contributed by atoms with Gasteiger partial charge in [-0.2, -0.15) is 5.10 Å². The first-order valence-corrected chi connectivity index (χ1v) is 8.72. The van der Waals surface area contributed by atoms with E-state index in [0.29, 0.717) is 11.6 Å². The van der Waals surface area contributed by atoms with Gasteiger partial charge < -0.3 is 4.90 Å². The van der Waals surface area contributed by atoms with Crippen molar-refractivity contribution in [2.75, 3.05) is 13.1 Å². The van der Waals surface area contributed by atoms with Crippen LogP contribution in [0.15, 0.2) is 23.8 Å². The molecular weight excluding hydrogens is 310 g/mol. The number of hydrogen-bond acceptors (Lipinski definition) is 4. The molecule has 0 saturated carbocycles. The smallest absolute Gasteiger partial charge is 0.272 e. The molecule has 3 aromatic rings. The minimum atomic E-state index is 0.0630. The first kappa shape index (κ1) is 14.4. The van der Waals surface area contributed by atoms with Crippen molar-refractivity contribution >= 4 is 22.1 Å². The second-order valence-corrected chi connectivity index (χ2v) is 6.95. The van der Waals surface area contributed by atoms with Gasteiger partial charge in [-0.25, -0.2) is 4.98 Å². The Bertz CT molecular complexity index is 861. The third-order valence-electron chi connectivity index (χ3n) is 4.59. The predicted molar refractivity (Wildman–Crippen MR) is 88.9 cm³/mol. The molecule has 1 amide bonds. The number of likely N-dealkylation sites (tertiary alicyclic amines) is 1. The van der Waals surface area contributed by atoms with Gasteiger partial charge in [0.15, 0.2) is 0 Å². The molecule has 4 rings (SSSR count). The number of aromatic nitrogens is 4. The summed E-state index contributed by atoms with van der Waals surface area (Å²) in [4.78, 5) is 20.6. The minimum Gasteiger partial charge on any atom is -0.337 e. The molecule has 0 radical (unpaired) electrons. The molecule has 120 valence electrons. The van der Waals surface area contributed by atoms with Crippen LogP contribution in [0.2, 0.25) is 0 Å². The molecule has 23 heavy (non-hydrogen) atoms. The van der Waals surface area contributed by atoms with Gasteiger partial charge in [0, 0.05) is 43.8 Å². The van der Waals surface area contributed by atoms with Crippen molar-refractivity contribution in [1.82, 2.24) is 24.1 Å². The maximum absolute atomic E-state index is 12.7. The molecule has 0 bridgehead atoms. The number of carbonyl (C=O) groups excluding carboxylic acids is 1. The van der Waals surface area contributed by atoms with Crippen molar-refractivity contribution in [2.45, 2.75) is 25.7 Å². The standard InChI is InChI=1S/C16H19N5OS/c1-11-18-14(16-21(11)8-9-23-16)12-4-3-7-20(10-12)15(22)13-5-6-17-19(13)2/h5-6,8-9,12H,3-4,7,10H2,1-2H3/t12-/m0/s1. The molecule has 0 spiro atoms. The SMILES string of the molecule is Cc1nc([C@H]2CCCN(C(=O)c3ccnn3C)C2)c2sccn12. The fraction of sp³-hybridized carbons (Fsp3) is 0.438. The molecule has 1 aliphatic heterocycles. The normalized spacial score (nSPS) is 18.7. The Kier molecular flexibility index (Phi) is 3.45. The molecule has 0 N–H and O–H groups in total. The van der Waals surface area contributed by atoms with Gasteiger partial charge in [0.25, 0.3) is 5.91 Å². The first-order chi connectivity index (χ1) is 11.1. The van der Waals surface area contributed by atoms with E-state index >= 15 is 0 Å². The van der Waals surface area contributed by atoms with Crippen LogP contribution in [0.4, 0.5) is 0 Å². The van der Waals surface area contributed by atoms with Gasteiger partial charge in [-0.3, -0.25) is 13.9 Å². The molecule has 0 aromatic carbocycles. The number of aryl methyl sites for hydroxylation is 2. The quantitative estimate of drug-likeness (QED) is 0.726. The number of carbonyl (C=O) groups is 1. The molecule has 0 unspecified atom stereocenters. The number of hydrogen-bond donors (Lipinski definition) is 0. The number of nitrogens with zero attached hydrogens (tertiary/aromatic N) is 5. The average molecular weight is 329 g/mol. The van der Waals surface area contributed by atoms with Gasteiger partial charge in [0.05, 0.1) is 5.69 Å². The summed E-state index contributed by atoms with van der Waals surface area (Å²) in [5.74, 6) is 1.39. The highest BCUT2D eigenvalue weighted by Crippen LogP contribution is 2.32. The van der Waals surface area contributed by atoms with Crippen molar-refractivity contribution in [1.29, 1.82) is 0 Å². The van der Waals surface area contributed by atoms with Crippen LogP contribution >= 0.6 is 11.3 Å². The summed E-state index contributed by atoms with van der Waals surface area (Å²) >= 11 is 1.72. The van der Waals surface area contributed by atoms with Gasteiger partial charge in [-0.05, 0) is 25.8 Å². The lowest BCUT2D eigenvalue weighted by molar-refractivity contribution is 0.0695.